The fraction of sp³-hybridized carbons (Fsp3) is 0.667. The van der Waals surface area contributed by atoms with Crippen molar-refractivity contribution in [2.75, 3.05) is 25.1 Å². The number of nitrogens with zero attached hydrogens (tertiary/aromatic N) is 2. The van der Waals surface area contributed by atoms with E-state index in [4.69, 9.17) is 4.74 Å². The predicted molar refractivity (Wildman–Crippen MR) is 73.8 cm³/mol. The van der Waals surface area contributed by atoms with Gasteiger partial charge in [-0.25, -0.2) is 18.7 Å². The number of ether oxygens (including phenoxy) is 1. The molecule has 4 nitrogen and oxygen atoms in total. The maximum Gasteiger partial charge on any atom is 0.261 e. The smallest absolute Gasteiger partial charge is 0.261 e. The Hall–Kier alpha value is -0.820. The van der Waals surface area contributed by atoms with Gasteiger partial charge in [0.15, 0.2) is 0 Å². The maximum absolute atomic E-state index is 11.9. The van der Waals surface area contributed by atoms with Crippen molar-refractivity contribution in [1.82, 2.24) is 9.97 Å². The van der Waals surface area contributed by atoms with E-state index >= 15 is 0 Å². The topological polar surface area (TPSA) is 47.0 Å². The number of halogens is 3. The average molecular weight is 338 g/mol. The summed E-state index contributed by atoms with van der Waals surface area (Å²) >= 11 is 3.43. The van der Waals surface area contributed by atoms with Gasteiger partial charge in [-0.15, -0.1) is 0 Å². The summed E-state index contributed by atoms with van der Waals surface area (Å²) < 4.78 is 29.5. The molecular weight excluding hydrogens is 320 g/mol. The molecule has 0 saturated heterocycles. The van der Waals surface area contributed by atoms with Crippen LogP contribution >= 0.6 is 15.9 Å². The number of nitrogens with one attached hydrogen (secondary N) is 1. The highest BCUT2D eigenvalue weighted by atomic mass is 79.9. The number of hydrogen-bond acceptors (Lipinski definition) is 4. The van der Waals surface area contributed by atoms with E-state index in [2.05, 4.69) is 38.1 Å². The molecule has 108 valence electrons. The summed E-state index contributed by atoms with van der Waals surface area (Å²) in [6, 6.07) is 0. The molecule has 0 saturated carbocycles. The summed E-state index contributed by atoms with van der Waals surface area (Å²) in [7, 11) is 0. The Morgan fingerprint density at radius 3 is 2.74 bits per heavy atom. The average Bonchev–Trinajstić information content (AvgIpc) is 2.36. The van der Waals surface area contributed by atoms with E-state index in [1.807, 2.05) is 6.92 Å². The Kier molecular flexibility index (Phi) is 7.15. The van der Waals surface area contributed by atoms with E-state index in [1.54, 1.807) is 0 Å². The van der Waals surface area contributed by atoms with Crippen molar-refractivity contribution in [3.8, 4) is 0 Å². The van der Waals surface area contributed by atoms with Crippen LogP contribution in [0.2, 0.25) is 0 Å². The summed E-state index contributed by atoms with van der Waals surface area (Å²) in [4.78, 5) is 8.64. The van der Waals surface area contributed by atoms with Crippen LogP contribution in [0.15, 0.2) is 4.47 Å². The first kappa shape index (κ1) is 16.2. The van der Waals surface area contributed by atoms with E-state index in [1.165, 1.54) is 0 Å². The molecule has 0 aliphatic rings. The second-order valence-corrected chi connectivity index (χ2v) is 4.82. The quantitative estimate of drug-likeness (QED) is 0.740. The lowest BCUT2D eigenvalue weighted by atomic mass is 10.3. The normalized spacial score (nSPS) is 11.1. The number of rotatable bonds is 8. The summed E-state index contributed by atoms with van der Waals surface area (Å²) in [6.07, 6.45) is -1.03. The van der Waals surface area contributed by atoms with Crippen molar-refractivity contribution < 1.29 is 13.5 Å². The lowest BCUT2D eigenvalue weighted by Crippen LogP contribution is -2.11. The van der Waals surface area contributed by atoms with E-state index < -0.39 is 13.0 Å². The second kappa shape index (κ2) is 8.37. The van der Waals surface area contributed by atoms with Gasteiger partial charge in [-0.2, -0.15) is 0 Å². The maximum atomic E-state index is 11.9. The monoisotopic (exact) mass is 337 g/mol. The van der Waals surface area contributed by atoms with Crippen LogP contribution in [0.1, 0.15) is 24.9 Å². The van der Waals surface area contributed by atoms with Crippen molar-refractivity contribution >= 4 is 21.7 Å². The second-order valence-electron chi connectivity index (χ2n) is 4.03. The first-order valence-corrected chi connectivity index (χ1v) is 6.96. The van der Waals surface area contributed by atoms with Crippen LogP contribution in [-0.4, -0.2) is 36.2 Å². The number of anilines is 1. The highest BCUT2D eigenvalue weighted by molar-refractivity contribution is 9.10. The first-order valence-electron chi connectivity index (χ1n) is 6.17. The number of alkyl halides is 2. The Labute approximate surface area is 120 Å². The zero-order chi connectivity index (χ0) is 14.3. The van der Waals surface area contributed by atoms with Crippen molar-refractivity contribution in [2.45, 2.75) is 33.1 Å². The van der Waals surface area contributed by atoms with Gasteiger partial charge in [0, 0.05) is 13.0 Å². The fourth-order valence-electron chi connectivity index (χ4n) is 1.43. The molecule has 0 fully saturated rings. The Bertz CT molecular complexity index is 405. The zero-order valence-electron chi connectivity index (χ0n) is 11.0. The molecule has 0 amide bonds. The lowest BCUT2D eigenvalue weighted by molar-refractivity contribution is 0.0183. The van der Waals surface area contributed by atoms with Crippen molar-refractivity contribution in [3.63, 3.8) is 0 Å². The minimum absolute atomic E-state index is 0.193. The standard InChI is InChI=1S/C12H18BrF2N3O/c1-3-5-16-12-11(13)8(2)17-10(18-12)4-6-19-7-9(14)15/h9H,3-7H2,1-2H3,(H,16,17,18). The van der Waals surface area contributed by atoms with Gasteiger partial charge in [-0.05, 0) is 29.3 Å². The third-order valence-corrected chi connectivity index (χ3v) is 3.27. The van der Waals surface area contributed by atoms with Gasteiger partial charge in [-0.3, -0.25) is 0 Å². The molecular formula is C12H18BrF2N3O. The zero-order valence-corrected chi connectivity index (χ0v) is 12.6. The minimum Gasteiger partial charge on any atom is -0.375 e. The summed E-state index contributed by atoms with van der Waals surface area (Å²) in [5, 5.41) is 3.19. The summed E-state index contributed by atoms with van der Waals surface area (Å²) in [5.41, 5.74) is 0.817. The van der Waals surface area contributed by atoms with Gasteiger partial charge in [0.1, 0.15) is 18.2 Å². The highest BCUT2D eigenvalue weighted by Crippen LogP contribution is 2.23. The van der Waals surface area contributed by atoms with Crippen LogP contribution in [0.5, 0.6) is 0 Å². The molecule has 7 heteroatoms. The van der Waals surface area contributed by atoms with E-state index in [9.17, 15) is 8.78 Å². The molecule has 19 heavy (non-hydrogen) atoms. The summed E-state index contributed by atoms with van der Waals surface area (Å²) in [6.45, 7) is 4.39. The van der Waals surface area contributed by atoms with Crippen LogP contribution in [0.25, 0.3) is 0 Å². The molecule has 0 bridgehead atoms. The SMILES string of the molecule is CCCNc1nc(CCOCC(F)F)nc(C)c1Br. The lowest BCUT2D eigenvalue weighted by Gasteiger charge is -2.10. The Morgan fingerprint density at radius 1 is 1.37 bits per heavy atom. The molecule has 0 atom stereocenters. The van der Waals surface area contributed by atoms with E-state index in [0.717, 1.165) is 29.0 Å². The number of aromatic nitrogens is 2. The van der Waals surface area contributed by atoms with Crippen LogP contribution < -0.4 is 5.32 Å². The molecule has 0 spiro atoms. The van der Waals surface area contributed by atoms with Crippen LogP contribution in [0.4, 0.5) is 14.6 Å². The van der Waals surface area contributed by atoms with Gasteiger partial charge < -0.3 is 10.1 Å². The molecule has 1 N–H and O–H groups in total. The molecule has 1 rings (SSSR count). The van der Waals surface area contributed by atoms with Gasteiger partial charge >= 0.3 is 0 Å². The van der Waals surface area contributed by atoms with Crippen molar-refractivity contribution in [3.05, 3.63) is 16.0 Å². The predicted octanol–water partition coefficient (Wildman–Crippen LogP) is 3.19. The van der Waals surface area contributed by atoms with Gasteiger partial charge in [0.25, 0.3) is 6.43 Å². The van der Waals surface area contributed by atoms with Crippen molar-refractivity contribution in [2.24, 2.45) is 0 Å². The van der Waals surface area contributed by atoms with E-state index in [-0.39, 0.29) is 6.61 Å². The van der Waals surface area contributed by atoms with Crippen molar-refractivity contribution in [1.29, 1.82) is 0 Å². The molecule has 0 aliphatic heterocycles. The number of aryl methyl sites for hydroxylation is 1. The summed E-state index contributed by atoms with van der Waals surface area (Å²) in [5.74, 6) is 1.33. The Balaban J connectivity index is 2.60. The number of hydrogen-bond donors (Lipinski definition) is 1. The molecule has 1 aromatic heterocycles. The molecule has 0 unspecified atom stereocenters. The van der Waals surface area contributed by atoms with Crippen LogP contribution in [-0.2, 0) is 11.2 Å². The molecule has 0 aliphatic carbocycles. The fourth-order valence-corrected chi connectivity index (χ4v) is 1.74. The molecule has 1 heterocycles. The van der Waals surface area contributed by atoms with Crippen LogP contribution in [0.3, 0.4) is 0 Å². The molecule has 0 radical (unpaired) electrons. The van der Waals surface area contributed by atoms with E-state index in [0.29, 0.717) is 12.2 Å². The largest absolute Gasteiger partial charge is 0.375 e. The molecule has 0 aromatic carbocycles. The first-order chi connectivity index (χ1) is 9.04. The van der Waals surface area contributed by atoms with Crippen LogP contribution in [0, 0.1) is 6.92 Å². The third kappa shape index (κ3) is 5.78. The van der Waals surface area contributed by atoms with Gasteiger partial charge in [0.2, 0.25) is 0 Å². The highest BCUT2D eigenvalue weighted by Gasteiger charge is 2.09. The van der Waals surface area contributed by atoms with Gasteiger partial charge in [-0.1, -0.05) is 6.92 Å². The Morgan fingerprint density at radius 2 is 2.11 bits per heavy atom. The molecule has 1 aromatic rings. The third-order valence-electron chi connectivity index (χ3n) is 2.32. The van der Waals surface area contributed by atoms with Gasteiger partial charge in [0.05, 0.1) is 16.8 Å². The minimum atomic E-state index is -2.44.